The second-order valence-electron chi connectivity index (χ2n) is 6.47. The first-order valence-electron chi connectivity index (χ1n) is 8.67. The highest BCUT2D eigenvalue weighted by Crippen LogP contribution is 2.36. The SMILES string of the molecule is O=S(=O)(c1ccc(Cl)cc1)N1CCN(C(=S)Nc2ccc(Cl)c(C(F)(F)F)c2)CC1. The van der Waals surface area contributed by atoms with Crippen molar-refractivity contribution < 1.29 is 21.6 Å². The number of rotatable bonds is 3. The van der Waals surface area contributed by atoms with Gasteiger partial charge < -0.3 is 10.2 Å². The van der Waals surface area contributed by atoms with Gasteiger partial charge in [-0.1, -0.05) is 23.2 Å². The molecule has 162 valence electrons. The number of hydrogen-bond acceptors (Lipinski definition) is 3. The maximum atomic E-state index is 13.0. The van der Waals surface area contributed by atoms with Gasteiger partial charge in [0.1, 0.15) is 0 Å². The number of hydrogen-bond donors (Lipinski definition) is 1. The number of halogens is 5. The van der Waals surface area contributed by atoms with E-state index >= 15 is 0 Å². The fourth-order valence-corrected chi connectivity index (χ4v) is 4.98. The van der Waals surface area contributed by atoms with E-state index in [1.807, 2.05) is 0 Å². The quantitative estimate of drug-likeness (QED) is 0.622. The van der Waals surface area contributed by atoms with Crippen molar-refractivity contribution in [3.05, 3.63) is 58.1 Å². The number of piperazine rings is 1. The highest BCUT2D eigenvalue weighted by molar-refractivity contribution is 7.89. The Morgan fingerprint density at radius 1 is 1.00 bits per heavy atom. The van der Waals surface area contributed by atoms with Gasteiger partial charge in [0.05, 0.1) is 15.5 Å². The summed E-state index contributed by atoms with van der Waals surface area (Å²) in [6.07, 6.45) is -4.59. The molecular formula is C18H16Cl2F3N3O2S2. The van der Waals surface area contributed by atoms with E-state index in [4.69, 9.17) is 35.4 Å². The number of sulfonamides is 1. The molecule has 0 radical (unpaired) electrons. The number of thiocarbonyl (C=S) groups is 1. The lowest BCUT2D eigenvalue weighted by Gasteiger charge is -2.35. The summed E-state index contributed by atoms with van der Waals surface area (Å²) >= 11 is 16.7. The van der Waals surface area contributed by atoms with Crippen LogP contribution in [0.4, 0.5) is 18.9 Å². The third-order valence-electron chi connectivity index (χ3n) is 4.50. The van der Waals surface area contributed by atoms with Gasteiger partial charge in [0.2, 0.25) is 10.0 Å². The van der Waals surface area contributed by atoms with Crippen molar-refractivity contribution >= 4 is 56.2 Å². The summed E-state index contributed by atoms with van der Waals surface area (Å²) in [4.78, 5) is 1.84. The van der Waals surface area contributed by atoms with Crippen LogP contribution in [0.2, 0.25) is 10.0 Å². The minimum absolute atomic E-state index is 0.141. The maximum absolute atomic E-state index is 13.0. The van der Waals surface area contributed by atoms with Gasteiger partial charge in [0, 0.05) is 36.9 Å². The molecule has 0 saturated carbocycles. The molecule has 2 aromatic carbocycles. The summed E-state index contributed by atoms with van der Waals surface area (Å²) in [6, 6.07) is 9.31. The van der Waals surface area contributed by atoms with Crippen LogP contribution in [0.5, 0.6) is 0 Å². The molecule has 1 N–H and O–H groups in total. The van der Waals surface area contributed by atoms with E-state index in [0.717, 1.165) is 12.1 Å². The fraction of sp³-hybridized carbons (Fsp3) is 0.278. The van der Waals surface area contributed by atoms with Crippen molar-refractivity contribution in [1.82, 2.24) is 9.21 Å². The van der Waals surface area contributed by atoms with E-state index in [-0.39, 0.29) is 28.8 Å². The van der Waals surface area contributed by atoms with Gasteiger partial charge in [0.25, 0.3) is 0 Å². The highest BCUT2D eigenvalue weighted by atomic mass is 35.5. The normalized spacial score (nSPS) is 15.8. The first kappa shape index (κ1) is 23.1. The summed E-state index contributed by atoms with van der Waals surface area (Å²) in [5.41, 5.74) is -0.816. The first-order valence-corrected chi connectivity index (χ1v) is 11.3. The Kier molecular flexibility index (Phi) is 6.83. The number of alkyl halides is 3. The summed E-state index contributed by atoms with van der Waals surface area (Å²) in [5, 5.41) is 3.00. The molecule has 0 atom stereocenters. The van der Waals surface area contributed by atoms with Crippen LogP contribution in [0.3, 0.4) is 0 Å². The van der Waals surface area contributed by atoms with Crippen LogP contribution in [0.25, 0.3) is 0 Å². The predicted octanol–water partition coefficient (Wildman–Crippen LogP) is 4.72. The standard InChI is InChI=1S/C18H16Cl2F3N3O2S2/c19-12-1-4-14(5-2-12)30(27,28)26-9-7-25(8-10-26)17(29)24-13-3-6-16(20)15(11-13)18(21,22)23/h1-6,11H,7-10H2,(H,24,29). The van der Waals surface area contributed by atoms with Gasteiger partial charge in [-0.05, 0) is 54.7 Å². The molecule has 0 bridgehead atoms. The second kappa shape index (κ2) is 8.88. The molecule has 0 unspecified atom stereocenters. The number of nitrogens with one attached hydrogen (secondary N) is 1. The Labute approximate surface area is 187 Å². The van der Waals surface area contributed by atoms with Crippen molar-refractivity contribution in [2.45, 2.75) is 11.1 Å². The minimum atomic E-state index is -4.59. The average Bonchev–Trinajstić information content (AvgIpc) is 2.69. The fourth-order valence-electron chi connectivity index (χ4n) is 2.91. The molecule has 1 saturated heterocycles. The van der Waals surface area contributed by atoms with Crippen LogP contribution < -0.4 is 5.32 Å². The molecule has 1 heterocycles. The lowest BCUT2D eigenvalue weighted by Crippen LogP contribution is -2.51. The molecule has 12 heteroatoms. The van der Waals surface area contributed by atoms with Crippen molar-refractivity contribution in [3.8, 4) is 0 Å². The second-order valence-corrected chi connectivity index (χ2v) is 9.64. The number of nitrogens with zero attached hydrogens (tertiary/aromatic N) is 2. The average molecular weight is 498 g/mol. The third-order valence-corrected chi connectivity index (χ3v) is 7.35. The van der Waals surface area contributed by atoms with E-state index < -0.39 is 26.8 Å². The molecule has 1 fully saturated rings. The van der Waals surface area contributed by atoms with Crippen LogP contribution >= 0.6 is 35.4 Å². The summed E-state index contributed by atoms with van der Waals surface area (Å²) in [7, 11) is -3.67. The Morgan fingerprint density at radius 2 is 1.60 bits per heavy atom. The van der Waals surface area contributed by atoms with Gasteiger partial charge in [-0.15, -0.1) is 0 Å². The molecule has 30 heavy (non-hydrogen) atoms. The molecule has 1 aliphatic heterocycles. The van der Waals surface area contributed by atoms with Crippen molar-refractivity contribution in [2.24, 2.45) is 0 Å². The zero-order valence-corrected chi connectivity index (χ0v) is 18.4. The maximum Gasteiger partial charge on any atom is 0.417 e. The Bertz CT molecular complexity index is 1040. The van der Waals surface area contributed by atoms with E-state index in [2.05, 4.69) is 5.32 Å². The van der Waals surface area contributed by atoms with Gasteiger partial charge >= 0.3 is 6.18 Å². The van der Waals surface area contributed by atoms with Crippen molar-refractivity contribution in [3.63, 3.8) is 0 Å². The zero-order chi connectivity index (χ0) is 22.1. The van der Waals surface area contributed by atoms with Crippen LogP contribution in [0.15, 0.2) is 47.4 Å². The third kappa shape index (κ3) is 5.17. The van der Waals surface area contributed by atoms with E-state index in [1.54, 1.807) is 4.90 Å². The predicted molar refractivity (Wildman–Crippen MR) is 114 cm³/mol. The molecule has 0 amide bonds. The molecule has 3 rings (SSSR count). The molecular weight excluding hydrogens is 482 g/mol. The zero-order valence-electron chi connectivity index (χ0n) is 15.3. The summed E-state index contributed by atoms with van der Waals surface area (Å²) in [5.74, 6) is 0. The Hall–Kier alpha value is -1.59. The summed E-state index contributed by atoms with van der Waals surface area (Å²) < 4.78 is 65.8. The van der Waals surface area contributed by atoms with Crippen molar-refractivity contribution in [2.75, 3.05) is 31.5 Å². The Balaban J connectivity index is 1.64. The molecule has 5 nitrogen and oxygen atoms in total. The topological polar surface area (TPSA) is 52.7 Å². The molecule has 0 spiro atoms. The highest BCUT2D eigenvalue weighted by Gasteiger charge is 2.34. The van der Waals surface area contributed by atoms with Gasteiger partial charge in [-0.2, -0.15) is 17.5 Å². The van der Waals surface area contributed by atoms with E-state index in [9.17, 15) is 21.6 Å². The molecule has 0 aliphatic carbocycles. The van der Waals surface area contributed by atoms with Gasteiger partial charge in [-0.3, -0.25) is 0 Å². The lowest BCUT2D eigenvalue weighted by molar-refractivity contribution is -0.137. The van der Waals surface area contributed by atoms with Crippen LogP contribution in [-0.2, 0) is 16.2 Å². The molecule has 1 aliphatic rings. The number of benzene rings is 2. The smallest absolute Gasteiger partial charge is 0.346 e. The monoisotopic (exact) mass is 497 g/mol. The largest absolute Gasteiger partial charge is 0.417 e. The van der Waals surface area contributed by atoms with Crippen molar-refractivity contribution in [1.29, 1.82) is 0 Å². The van der Waals surface area contributed by atoms with Crippen LogP contribution in [0, 0.1) is 0 Å². The van der Waals surface area contributed by atoms with Gasteiger partial charge in [-0.25, -0.2) is 8.42 Å². The molecule has 2 aromatic rings. The van der Waals surface area contributed by atoms with Crippen LogP contribution in [-0.4, -0.2) is 48.9 Å². The summed E-state index contributed by atoms with van der Waals surface area (Å²) in [6.45, 7) is 0.944. The number of anilines is 1. The lowest BCUT2D eigenvalue weighted by atomic mass is 10.2. The minimum Gasteiger partial charge on any atom is -0.346 e. The Morgan fingerprint density at radius 3 is 2.17 bits per heavy atom. The van der Waals surface area contributed by atoms with Crippen LogP contribution in [0.1, 0.15) is 5.56 Å². The molecule has 0 aromatic heterocycles. The van der Waals surface area contributed by atoms with Gasteiger partial charge in [0.15, 0.2) is 5.11 Å². The van der Waals surface area contributed by atoms with E-state index in [0.29, 0.717) is 18.1 Å². The first-order chi connectivity index (χ1) is 14.0. The van der Waals surface area contributed by atoms with E-state index in [1.165, 1.54) is 34.6 Å².